The zero-order chi connectivity index (χ0) is 33.6. The predicted octanol–water partition coefficient (Wildman–Crippen LogP) is 7.85. The van der Waals surface area contributed by atoms with Gasteiger partial charge in [0.2, 0.25) is 5.91 Å². The molecule has 4 rings (SSSR count). The summed E-state index contributed by atoms with van der Waals surface area (Å²) in [5, 5.41) is 8.34. The summed E-state index contributed by atoms with van der Waals surface area (Å²) in [6.07, 6.45) is 4.32. The third-order valence-corrected chi connectivity index (χ3v) is 8.53. The third kappa shape index (κ3) is 10.8. The smallest absolute Gasteiger partial charge is 0.272 e. The molecule has 1 unspecified atom stereocenters. The van der Waals surface area contributed by atoms with E-state index in [1.165, 1.54) is 11.8 Å². The molecule has 0 aliphatic heterocycles. The topological polar surface area (TPSA) is 99.8 Å². The van der Waals surface area contributed by atoms with Gasteiger partial charge in [-0.05, 0) is 91.2 Å². The second-order valence-electron chi connectivity index (χ2n) is 11.1. The van der Waals surface area contributed by atoms with E-state index in [4.69, 9.17) is 4.74 Å². The lowest BCUT2D eigenvalue weighted by molar-refractivity contribution is -0.116. The van der Waals surface area contributed by atoms with Crippen molar-refractivity contribution in [3.63, 3.8) is 0 Å². The molecule has 0 aliphatic rings. The van der Waals surface area contributed by atoms with Gasteiger partial charge in [-0.15, -0.1) is 11.8 Å². The summed E-state index contributed by atoms with van der Waals surface area (Å²) in [4.78, 5) is 42.6. The minimum absolute atomic E-state index is 0.0992. The van der Waals surface area contributed by atoms with Gasteiger partial charge in [-0.3, -0.25) is 14.4 Å². The molecule has 244 valence electrons. The van der Waals surface area contributed by atoms with E-state index in [-0.39, 0.29) is 16.9 Å². The van der Waals surface area contributed by atoms with Crippen molar-refractivity contribution in [3.05, 3.63) is 120 Å². The third-order valence-electron chi connectivity index (χ3n) is 7.17. The quantitative estimate of drug-likeness (QED) is 0.0689. The summed E-state index contributed by atoms with van der Waals surface area (Å²) in [6, 6.07) is 31.1. The number of thioether (sulfide) groups is 1. The lowest BCUT2D eigenvalue weighted by atomic mass is 10.1. The number of hydrogen-bond donors (Lipinski definition) is 3. The van der Waals surface area contributed by atoms with E-state index in [0.717, 1.165) is 34.7 Å². The number of hydrogen-bond acceptors (Lipinski definition) is 6. The fourth-order valence-electron chi connectivity index (χ4n) is 4.50. The van der Waals surface area contributed by atoms with E-state index in [2.05, 4.69) is 22.9 Å². The van der Waals surface area contributed by atoms with Crippen molar-refractivity contribution in [2.45, 2.75) is 43.3 Å². The van der Waals surface area contributed by atoms with Crippen molar-refractivity contribution in [2.75, 3.05) is 36.2 Å². The number of nitrogens with one attached hydrogen (secondary N) is 3. The predicted molar refractivity (Wildman–Crippen MR) is 193 cm³/mol. The van der Waals surface area contributed by atoms with Gasteiger partial charge in [-0.1, -0.05) is 56.7 Å². The Morgan fingerprint density at radius 2 is 1.55 bits per heavy atom. The molecule has 3 amide bonds. The van der Waals surface area contributed by atoms with Crippen LogP contribution in [0.1, 0.15) is 49.0 Å². The summed E-state index contributed by atoms with van der Waals surface area (Å²) in [6.45, 7) is 4.75. The van der Waals surface area contributed by atoms with Crippen LogP contribution >= 0.6 is 11.8 Å². The molecule has 0 saturated carbocycles. The van der Waals surface area contributed by atoms with Crippen LogP contribution in [-0.4, -0.2) is 43.7 Å². The van der Waals surface area contributed by atoms with Gasteiger partial charge in [-0.25, -0.2) is 0 Å². The maximum Gasteiger partial charge on any atom is 0.272 e. The fourth-order valence-corrected chi connectivity index (χ4v) is 5.51. The molecule has 47 heavy (non-hydrogen) atoms. The Balaban J connectivity index is 1.45. The Morgan fingerprint density at radius 3 is 2.21 bits per heavy atom. The number of nitrogens with zero attached hydrogens (tertiary/aromatic N) is 1. The molecule has 0 fully saturated rings. The molecular weight excluding hydrogens is 609 g/mol. The molecule has 4 aromatic rings. The molecule has 0 aromatic heterocycles. The van der Waals surface area contributed by atoms with Crippen molar-refractivity contribution in [1.29, 1.82) is 0 Å². The normalized spacial score (nSPS) is 11.7. The van der Waals surface area contributed by atoms with Crippen LogP contribution < -0.4 is 25.6 Å². The standard InChI is InChI=1S/C38H42N4O4S/c1-5-7-24-46-32-22-18-29(19-23-32)39-38(45)35(6-2)47-33-15-11-14-30(26-33)40-37(44)34(41-36(43)28-12-9-8-10-13-28)25-27-16-20-31(21-17-27)42(3)4/h8-23,25-26,35H,5-7,24H2,1-4H3,(H,39,45)(H,40,44)(H,41,43)/b34-25+. The summed E-state index contributed by atoms with van der Waals surface area (Å²) in [5.41, 5.74) is 3.55. The van der Waals surface area contributed by atoms with Crippen molar-refractivity contribution in [2.24, 2.45) is 0 Å². The van der Waals surface area contributed by atoms with Gasteiger partial charge in [0.25, 0.3) is 11.8 Å². The van der Waals surface area contributed by atoms with Gasteiger partial charge in [0, 0.05) is 41.6 Å². The number of carbonyl (C=O) groups excluding carboxylic acids is 3. The first-order chi connectivity index (χ1) is 22.7. The fraction of sp³-hybridized carbons (Fsp3) is 0.237. The molecule has 0 radical (unpaired) electrons. The minimum atomic E-state index is -0.472. The number of carbonyl (C=O) groups is 3. The summed E-state index contributed by atoms with van der Waals surface area (Å²) >= 11 is 1.42. The van der Waals surface area contributed by atoms with Crippen LogP contribution in [-0.2, 0) is 9.59 Å². The van der Waals surface area contributed by atoms with Gasteiger partial charge >= 0.3 is 0 Å². The zero-order valence-electron chi connectivity index (χ0n) is 27.3. The first-order valence-corrected chi connectivity index (χ1v) is 16.6. The van der Waals surface area contributed by atoms with Crippen molar-refractivity contribution < 1.29 is 19.1 Å². The van der Waals surface area contributed by atoms with Crippen LogP contribution in [0.3, 0.4) is 0 Å². The van der Waals surface area contributed by atoms with Gasteiger partial charge < -0.3 is 25.6 Å². The van der Waals surface area contributed by atoms with E-state index in [9.17, 15) is 14.4 Å². The monoisotopic (exact) mass is 650 g/mol. The molecule has 0 aliphatic carbocycles. The Labute approximate surface area is 281 Å². The molecule has 8 nitrogen and oxygen atoms in total. The number of amides is 3. The first-order valence-electron chi connectivity index (χ1n) is 15.7. The van der Waals surface area contributed by atoms with Crippen molar-refractivity contribution in [3.8, 4) is 5.75 Å². The van der Waals surface area contributed by atoms with Crippen LogP contribution in [0.2, 0.25) is 0 Å². The van der Waals surface area contributed by atoms with Gasteiger partial charge in [0.1, 0.15) is 11.4 Å². The van der Waals surface area contributed by atoms with Crippen LogP contribution in [0.15, 0.2) is 114 Å². The highest BCUT2D eigenvalue weighted by Crippen LogP contribution is 2.29. The highest BCUT2D eigenvalue weighted by Gasteiger charge is 2.19. The Hall–Kier alpha value is -5.02. The maximum absolute atomic E-state index is 13.6. The molecule has 0 spiro atoms. The Morgan fingerprint density at radius 1 is 0.830 bits per heavy atom. The van der Waals surface area contributed by atoms with Crippen LogP contribution in [0.25, 0.3) is 6.08 Å². The maximum atomic E-state index is 13.6. The molecule has 0 heterocycles. The average molecular weight is 651 g/mol. The van der Waals surface area contributed by atoms with Crippen molar-refractivity contribution >= 4 is 52.6 Å². The molecule has 3 N–H and O–H groups in total. The van der Waals surface area contributed by atoms with Gasteiger partial charge in [0.15, 0.2) is 0 Å². The van der Waals surface area contributed by atoms with E-state index >= 15 is 0 Å². The van der Waals surface area contributed by atoms with Crippen LogP contribution in [0, 0.1) is 0 Å². The second kappa shape index (κ2) is 17.6. The average Bonchev–Trinajstić information content (AvgIpc) is 3.08. The number of anilines is 3. The van der Waals surface area contributed by atoms with E-state index < -0.39 is 11.8 Å². The Kier molecular flexibility index (Phi) is 13.1. The van der Waals surface area contributed by atoms with E-state index in [0.29, 0.717) is 30.0 Å². The van der Waals surface area contributed by atoms with Crippen LogP contribution in [0.4, 0.5) is 17.1 Å². The van der Waals surface area contributed by atoms with E-state index in [1.807, 2.05) is 98.7 Å². The molecule has 0 saturated heterocycles. The minimum Gasteiger partial charge on any atom is -0.494 e. The lowest BCUT2D eigenvalue weighted by Crippen LogP contribution is -2.30. The first kappa shape index (κ1) is 34.8. The summed E-state index contributed by atoms with van der Waals surface area (Å²) in [5.74, 6) is -0.200. The Bertz CT molecular complexity index is 1660. The number of benzene rings is 4. The SMILES string of the molecule is CCCCOc1ccc(NC(=O)C(CC)Sc2cccc(NC(=O)/C(=C\c3ccc(N(C)C)cc3)NC(=O)c3ccccc3)c2)cc1. The molecule has 4 aromatic carbocycles. The second-order valence-corrected chi connectivity index (χ2v) is 12.4. The molecule has 9 heteroatoms. The number of unbranched alkanes of at least 4 members (excludes halogenated alkanes) is 1. The molecule has 0 bridgehead atoms. The largest absolute Gasteiger partial charge is 0.494 e. The van der Waals surface area contributed by atoms with Gasteiger partial charge in [0.05, 0.1) is 11.9 Å². The highest BCUT2D eigenvalue weighted by atomic mass is 32.2. The summed E-state index contributed by atoms with van der Waals surface area (Å²) < 4.78 is 5.72. The van der Waals surface area contributed by atoms with Gasteiger partial charge in [-0.2, -0.15) is 0 Å². The van der Waals surface area contributed by atoms with E-state index in [1.54, 1.807) is 36.4 Å². The highest BCUT2D eigenvalue weighted by molar-refractivity contribution is 8.00. The number of ether oxygens (including phenoxy) is 1. The molecular formula is C38H42N4O4S. The van der Waals surface area contributed by atoms with Crippen LogP contribution in [0.5, 0.6) is 5.75 Å². The van der Waals surface area contributed by atoms with Crippen molar-refractivity contribution in [1.82, 2.24) is 5.32 Å². The lowest BCUT2D eigenvalue weighted by Gasteiger charge is -2.16. The number of rotatable bonds is 15. The molecule has 1 atom stereocenters. The summed E-state index contributed by atoms with van der Waals surface area (Å²) in [7, 11) is 3.91. The zero-order valence-corrected chi connectivity index (χ0v) is 28.1.